The van der Waals surface area contributed by atoms with Crippen molar-refractivity contribution in [2.75, 3.05) is 13.1 Å². The lowest BCUT2D eigenvalue weighted by molar-refractivity contribution is 0.263. The molecule has 0 aliphatic carbocycles. The Morgan fingerprint density at radius 2 is 1.89 bits per heavy atom. The van der Waals surface area contributed by atoms with Gasteiger partial charge in [-0.05, 0) is 37.5 Å². The molecule has 2 aliphatic rings. The number of nitrogens with one attached hydrogen (secondary N) is 1. The largest absolute Gasteiger partial charge is 0.314 e. The summed E-state index contributed by atoms with van der Waals surface area (Å²) < 4.78 is 27.1. The molecule has 0 amide bonds. The minimum Gasteiger partial charge on any atom is -0.314 e. The van der Waals surface area contributed by atoms with Gasteiger partial charge in [0, 0.05) is 25.2 Å². The molecule has 1 aromatic rings. The first-order valence-corrected chi connectivity index (χ1v) is 7.84. The number of nitrogens with zero attached hydrogens (tertiary/aromatic N) is 1. The van der Waals surface area contributed by atoms with Gasteiger partial charge in [0.05, 0.1) is 4.90 Å². The van der Waals surface area contributed by atoms with Crippen molar-refractivity contribution < 1.29 is 8.42 Å². The van der Waals surface area contributed by atoms with Crippen LogP contribution in [0.5, 0.6) is 0 Å². The summed E-state index contributed by atoms with van der Waals surface area (Å²) in [5.41, 5.74) is 0.985. The molecule has 1 N–H and O–H groups in total. The van der Waals surface area contributed by atoms with Crippen LogP contribution in [0.4, 0.5) is 0 Å². The summed E-state index contributed by atoms with van der Waals surface area (Å²) in [5.74, 6) is 0. The number of sulfonamides is 1. The van der Waals surface area contributed by atoms with Crippen molar-refractivity contribution in [2.24, 2.45) is 0 Å². The van der Waals surface area contributed by atoms with Crippen molar-refractivity contribution in [2.45, 2.75) is 36.7 Å². The van der Waals surface area contributed by atoms with Crippen molar-refractivity contribution in [1.82, 2.24) is 9.62 Å². The van der Waals surface area contributed by atoms with Gasteiger partial charge in [-0.2, -0.15) is 4.31 Å². The van der Waals surface area contributed by atoms with E-state index in [1.807, 2.05) is 19.1 Å². The summed E-state index contributed by atoms with van der Waals surface area (Å²) in [7, 11) is -3.33. The first kappa shape index (κ1) is 12.1. The van der Waals surface area contributed by atoms with Gasteiger partial charge >= 0.3 is 0 Å². The SMILES string of the molecule is Cc1cccc(S(=O)(=O)N2C3CCC2CNC3)c1. The molecule has 0 spiro atoms. The molecule has 2 heterocycles. The van der Waals surface area contributed by atoms with E-state index in [0.29, 0.717) is 4.90 Å². The second-order valence-electron chi connectivity index (χ2n) is 5.19. The van der Waals surface area contributed by atoms with E-state index < -0.39 is 10.0 Å². The molecule has 2 unspecified atom stereocenters. The molecule has 4 nitrogen and oxygen atoms in total. The van der Waals surface area contributed by atoms with Crippen LogP contribution in [0.3, 0.4) is 0 Å². The number of aryl methyl sites for hydroxylation is 1. The Hall–Kier alpha value is -0.910. The summed E-state index contributed by atoms with van der Waals surface area (Å²) >= 11 is 0. The van der Waals surface area contributed by atoms with Gasteiger partial charge < -0.3 is 5.32 Å². The van der Waals surface area contributed by atoms with E-state index >= 15 is 0 Å². The second-order valence-corrected chi connectivity index (χ2v) is 7.04. The van der Waals surface area contributed by atoms with Crippen molar-refractivity contribution in [3.05, 3.63) is 29.8 Å². The molecule has 1 aromatic carbocycles. The summed E-state index contributed by atoms with van der Waals surface area (Å²) in [6, 6.07) is 7.46. The minimum atomic E-state index is -3.33. The Morgan fingerprint density at radius 1 is 1.22 bits per heavy atom. The van der Waals surface area contributed by atoms with Crippen LogP contribution in [0.15, 0.2) is 29.2 Å². The Morgan fingerprint density at radius 3 is 2.50 bits per heavy atom. The maximum absolute atomic E-state index is 12.7. The Kier molecular flexibility index (Phi) is 2.92. The maximum atomic E-state index is 12.7. The molecular formula is C13H18N2O2S. The zero-order valence-corrected chi connectivity index (χ0v) is 11.3. The van der Waals surface area contributed by atoms with Crippen LogP contribution in [0.2, 0.25) is 0 Å². The van der Waals surface area contributed by atoms with Crippen LogP contribution in [-0.4, -0.2) is 37.9 Å². The van der Waals surface area contributed by atoms with Gasteiger partial charge in [0.15, 0.2) is 0 Å². The first-order valence-electron chi connectivity index (χ1n) is 6.40. The van der Waals surface area contributed by atoms with Crippen LogP contribution < -0.4 is 5.32 Å². The molecule has 5 heteroatoms. The molecule has 2 atom stereocenters. The predicted molar refractivity (Wildman–Crippen MR) is 69.9 cm³/mol. The topological polar surface area (TPSA) is 49.4 Å². The maximum Gasteiger partial charge on any atom is 0.243 e. The summed E-state index contributed by atoms with van der Waals surface area (Å²) in [4.78, 5) is 0.432. The van der Waals surface area contributed by atoms with E-state index in [2.05, 4.69) is 5.32 Å². The van der Waals surface area contributed by atoms with Gasteiger partial charge in [-0.25, -0.2) is 8.42 Å². The fraction of sp³-hybridized carbons (Fsp3) is 0.538. The van der Waals surface area contributed by atoms with Crippen LogP contribution in [0, 0.1) is 6.92 Å². The average molecular weight is 266 g/mol. The van der Waals surface area contributed by atoms with Gasteiger partial charge in [-0.3, -0.25) is 0 Å². The summed E-state index contributed by atoms with van der Waals surface area (Å²) in [6.07, 6.45) is 1.95. The van der Waals surface area contributed by atoms with E-state index in [0.717, 1.165) is 31.5 Å². The Balaban J connectivity index is 2.00. The molecule has 0 saturated carbocycles. The molecule has 2 fully saturated rings. The fourth-order valence-electron chi connectivity index (χ4n) is 3.03. The number of rotatable bonds is 2. The number of hydrogen-bond acceptors (Lipinski definition) is 3. The molecule has 2 bridgehead atoms. The van der Waals surface area contributed by atoms with Gasteiger partial charge in [0.2, 0.25) is 10.0 Å². The van der Waals surface area contributed by atoms with E-state index in [-0.39, 0.29) is 12.1 Å². The van der Waals surface area contributed by atoms with E-state index in [4.69, 9.17) is 0 Å². The standard InChI is InChI=1S/C13H18N2O2S/c1-10-3-2-4-13(7-10)18(16,17)15-11-5-6-12(15)9-14-8-11/h2-4,7,11-12,14H,5-6,8-9H2,1H3. The van der Waals surface area contributed by atoms with E-state index in [9.17, 15) is 8.42 Å². The highest BCUT2D eigenvalue weighted by Crippen LogP contribution is 2.32. The highest BCUT2D eigenvalue weighted by Gasteiger charge is 2.44. The lowest BCUT2D eigenvalue weighted by Crippen LogP contribution is -2.53. The fourth-order valence-corrected chi connectivity index (χ4v) is 5.00. The lowest BCUT2D eigenvalue weighted by Gasteiger charge is -2.34. The third-order valence-corrected chi connectivity index (χ3v) is 5.88. The monoisotopic (exact) mass is 266 g/mol. The quantitative estimate of drug-likeness (QED) is 0.872. The van der Waals surface area contributed by atoms with Gasteiger partial charge in [-0.15, -0.1) is 0 Å². The van der Waals surface area contributed by atoms with Gasteiger partial charge in [0.1, 0.15) is 0 Å². The number of piperazine rings is 1. The zero-order valence-electron chi connectivity index (χ0n) is 10.5. The highest BCUT2D eigenvalue weighted by molar-refractivity contribution is 7.89. The molecule has 3 rings (SSSR count). The third-order valence-electron chi connectivity index (χ3n) is 3.88. The Labute approximate surface area is 108 Å². The van der Waals surface area contributed by atoms with E-state index in [1.54, 1.807) is 16.4 Å². The first-order chi connectivity index (χ1) is 8.59. The van der Waals surface area contributed by atoms with Crippen molar-refractivity contribution in [3.8, 4) is 0 Å². The molecule has 2 saturated heterocycles. The number of hydrogen-bond donors (Lipinski definition) is 1. The summed E-state index contributed by atoms with van der Waals surface area (Å²) in [6.45, 7) is 3.48. The van der Waals surface area contributed by atoms with Crippen LogP contribution >= 0.6 is 0 Å². The second kappa shape index (κ2) is 4.33. The normalized spacial score (nSPS) is 28.5. The molecule has 18 heavy (non-hydrogen) atoms. The van der Waals surface area contributed by atoms with Crippen LogP contribution in [0.1, 0.15) is 18.4 Å². The van der Waals surface area contributed by atoms with Crippen LogP contribution in [0.25, 0.3) is 0 Å². The summed E-state index contributed by atoms with van der Waals surface area (Å²) in [5, 5.41) is 3.31. The van der Waals surface area contributed by atoms with Crippen molar-refractivity contribution in [1.29, 1.82) is 0 Å². The molecule has 98 valence electrons. The third kappa shape index (κ3) is 1.86. The average Bonchev–Trinajstić information content (AvgIpc) is 2.61. The van der Waals surface area contributed by atoms with Crippen LogP contribution in [-0.2, 0) is 10.0 Å². The van der Waals surface area contributed by atoms with E-state index in [1.165, 1.54) is 0 Å². The van der Waals surface area contributed by atoms with Gasteiger partial charge in [0.25, 0.3) is 0 Å². The zero-order chi connectivity index (χ0) is 12.8. The molecule has 2 aliphatic heterocycles. The predicted octanol–water partition coefficient (Wildman–Crippen LogP) is 1.12. The number of benzene rings is 1. The van der Waals surface area contributed by atoms with Gasteiger partial charge in [-0.1, -0.05) is 12.1 Å². The van der Waals surface area contributed by atoms with Crippen molar-refractivity contribution >= 4 is 10.0 Å². The minimum absolute atomic E-state index is 0.134. The molecular weight excluding hydrogens is 248 g/mol. The molecule has 0 radical (unpaired) electrons. The Bertz CT molecular complexity index is 540. The molecule has 0 aromatic heterocycles. The number of fused-ring (bicyclic) bond motifs is 2. The van der Waals surface area contributed by atoms with Crippen molar-refractivity contribution in [3.63, 3.8) is 0 Å². The smallest absolute Gasteiger partial charge is 0.243 e. The lowest BCUT2D eigenvalue weighted by atomic mass is 10.2. The highest BCUT2D eigenvalue weighted by atomic mass is 32.2.